The molecule has 1 saturated heterocycles. The molecule has 0 spiro atoms. The number of carbonyl (C=O) groups excluding carboxylic acids is 3. The van der Waals surface area contributed by atoms with Crippen LogP contribution in [0.25, 0.3) is 0 Å². The first kappa shape index (κ1) is 27.1. The van der Waals surface area contributed by atoms with E-state index in [4.69, 9.17) is 18.9 Å². The molecule has 2 unspecified atom stereocenters. The van der Waals surface area contributed by atoms with Gasteiger partial charge in [0.1, 0.15) is 0 Å². The summed E-state index contributed by atoms with van der Waals surface area (Å²) in [6, 6.07) is 5.15. The highest BCUT2D eigenvalue weighted by molar-refractivity contribution is 5.99. The number of methoxy groups -OCH3 is 2. The number of rotatable bonds is 8. The fourth-order valence-corrected chi connectivity index (χ4v) is 4.82. The molecule has 0 aromatic heterocycles. The Balaban J connectivity index is 1.93. The van der Waals surface area contributed by atoms with Gasteiger partial charge in [0.05, 0.1) is 37.9 Å². The summed E-state index contributed by atoms with van der Waals surface area (Å²) < 4.78 is 21.7. The number of ether oxygens (including phenoxy) is 4. The summed E-state index contributed by atoms with van der Waals surface area (Å²) in [7, 11) is 2.80. The lowest BCUT2D eigenvalue weighted by Crippen LogP contribution is -2.41. The van der Waals surface area contributed by atoms with E-state index in [-0.39, 0.29) is 19.1 Å². The lowest BCUT2D eigenvalue weighted by Gasteiger charge is -2.31. The van der Waals surface area contributed by atoms with Crippen molar-refractivity contribution in [1.82, 2.24) is 10.2 Å². The molecule has 1 fully saturated rings. The Bertz CT molecular complexity index is 1080. The molecule has 9 heteroatoms. The number of nitrogens with zero attached hydrogens (tertiary/aromatic N) is 1. The van der Waals surface area contributed by atoms with Gasteiger partial charge in [0.25, 0.3) is 5.91 Å². The van der Waals surface area contributed by atoms with E-state index in [0.29, 0.717) is 45.5 Å². The molecule has 1 N–H and O–H groups in total. The Hall–Kier alpha value is -3.49. The molecule has 2 aliphatic rings. The van der Waals surface area contributed by atoms with Gasteiger partial charge in [0, 0.05) is 24.5 Å². The molecule has 0 radical (unpaired) electrons. The van der Waals surface area contributed by atoms with E-state index >= 15 is 0 Å². The number of dihydropyridines is 1. The summed E-state index contributed by atoms with van der Waals surface area (Å²) in [5.41, 5.74) is 2.41. The number of hydrogen-bond acceptors (Lipinski definition) is 8. The van der Waals surface area contributed by atoms with Gasteiger partial charge >= 0.3 is 11.9 Å². The Morgan fingerprint density at radius 1 is 1.06 bits per heavy atom. The molecule has 0 saturated carbocycles. The monoisotopic (exact) mass is 500 g/mol. The second-order valence-corrected chi connectivity index (χ2v) is 9.13. The number of piperidine rings is 1. The largest absolute Gasteiger partial charge is 0.493 e. The number of nitrogens with one attached hydrogen (secondary N) is 1. The first-order chi connectivity index (χ1) is 17.2. The summed E-state index contributed by atoms with van der Waals surface area (Å²) in [5.74, 6) is -0.632. The van der Waals surface area contributed by atoms with Gasteiger partial charge in [-0.2, -0.15) is 0 Å². The van der Waals surface area contributed by atoms with Crippen LogP contribution in [0.4, 0.5) is 0 Å². The minimum absolute atomic E-state index is 0.0688. The van der Waals surface area contributed by atoms with Crippen molar-refractivity contribution >= 4 is 17.8 Å². The van der Waals surface area contributed by atoms with Crippen molar-refractivity contribution in [2.45, 2.75) is 46.5 Å². The van der Waals surface area contributed by atoms with Gasteiger partial charge in [-0.05, 0) is 57.2 Å². The summed E-state index contributed by atoms with van der Waals surface area (Å²) in [5, 5.41) is 3.10. The van der Waals surface area contributed by atoms with Crippen LogP contribution >= 0.6 is 0 Å². The van der Waals surface area contributed by atoms with Crippen molar-refractivity contribution in [2.75, 3.05) is 40.5 Å². The zero-order valence-electron chi connectivity index (χ0n) is 21.9. The maximum atomic E-state index is 12.9. The highest BCUT2D eigenvalue weighted by Crippen LogP contribution is 2.42. The molecule has 196 valence electrons. The molecule has 9 nitrogen and oxygen atoms in total. The average molecular weight is 501 g/mol. The molecule has 2 heterocycles. The van der Waals surface area contributed by atoms with Crippen molar-refractivity contribution in [2.24, 2.45) is 5.92 Å². The minimum Gasteiger partial charge on any atom is -0.493 e. The Morgan fingerprint density at radius 3 is 2.36 bits per heavy atom. The lowest BCUT2D eigenvalue weighted by molar-refractivity contribution is -0.139. The number of carbonyl (C=O) groups is 3. The fraction of sp³-hybridized carbons (Fsp3) is 0.519. The number of likely N-dealkylation sites (tertiary alicyclic amines) is 1. The highest BCUT2D eigenvalue weighted by atomic mass is 16.5. The van der Waals surface area contributed by atoms with E-state index in [2.05, 4.69) is 12.2 Å². The van der Waals surface area contributed by atoms with E-state index in [1.807, 2.05) is 4.90 Å². The average Bonchev–Trinajstić information content (AvgIpc) is 2.86. The third-order valence-electron chi connectivity index (χ3n) is 6.54. The summed E-state index contributed by atoms with van der Waals surface area (Å²) >= 11 is 0. The van der Waals surface area contributed by atoms with E-state index < -0.39 is 17.9 Å². The number of allylic oxidation sites excluding steroid dienone is 2. The van der Waals surface area contributed by atoms with Crippen LogP contribution < -0.4 is 14.8 Å². The Kier molecular flexibility index (Phi) is 9.01. The molecule has 1 aromatic carbocycles. The fourth-order valence-electron chi connectivity index (χ4n) is 4.82. The zero-order chi connectivity index (χ0) is 26.4. The van der Waals surface area contributed by atoms with E-state index in [1.165, 1.54) is 14.2 Å². The Morgan fingerprint density at radius 2 is 1.75 bits per heavy atom. The molecular formula is C27H36N2O7. The van der Waals surface area contributed by atoms with Crippen LogP contribution in [-0.4, -0.2) is 63.3 Å². The van der Waals surface area contributed by atoms with Crippen molar-refractivity contribution < 1.29 is 33.3 Å². The van der Waals surface area contributed by atoms with Crippen LogP contribution in [0.15, 0.2) is 40.7 Å². The van der Waals surface area contributed by atoms with E-state index in [1.54, 1.807) is 39.0 Å². The first-order valence-electron chi connectivity index (χ1n) is 12.2. The normalized spacial score (nSPS) is 20.0. The van der Waals surface area contributed by atoms with Crippen LogP contribution in [0, 0.1) is 5.92 Å². The SMILES string of the molecule is CCOC(=O)C1=C(C)NC(C)=C(C(=O)OC)C1c1ccc(OCC(=O)N2CCCC(C)C2)c(OC)c1. The molecule has 3 rings (SSSR count). The molecular weight excluding hydrogens is 464 g/mol. The van der Waals surface area contributed by atoms with E-state index in [0.717, 1.165) is 25.9 Å². The smallest absolute Gasteiger partial charge is 0.336 e. The van der Waals surface area contributed by atoms with Gasteiger partial charge in [0.15, 0.2) is 18.1 Å². The molecule has 0 bridgehead atoms. The molecule has 1 amide bonds. The maximum absolute atomic E-state index is 12.9. The van der Waals surface area contributed by atoms with Crippen LogP contribution in [-0.2, 0) is 23.9 Å². The Labute approximate surface area is 212 Å². The predicted octanol–water partition coefficient (Wildman–Crippen LogP) is 3.30. The standard InChI is InChI=1S/C27H36N2O7/c1-7-35-27(32)24-18(4)28-17(3)23(26(31)34-6)25(24)19-10-11-20(21(13-19)33-5)36-15-22(30)29-12-8-9-16(2)14-29/h10-11,13,16,25,28H,7-9,12,14-15H2,1-6H3. The lowest BCUT2D eigenvalue weighted by atomic mass is 9.80. The third-order valence-corrected chi connectivity index (χ3v) is 6.54. The van der Waals surface area contributed by atoms with Crippen molar-refractivity contribution in [3.63, 3.8) is 0 Å². The molecule has 36 heavy (non-hydrogen) atoms. The zero-order valence-corrected chi connectivity index (χ0v) is 21.9. The molecule has 1 aromatic rings. The number of hydrogen-bond donors (Lipinski definition) is 1. The van der Waals surface area contributed by atoms with Gasteiger partial charge in [-0.1, -0.05) is 13.0 Å². The van der Waals surface area contributed by atoms with Gasteiger partial charge in [-0.25, -0.2) is 9.59 Å². The van der Waals surface area contributed by atoms with Crippen molar-refractivity contribution in [1.29, 1.82) is 0 Å². The maximum Gasteiger partial charge on any atom is 0.336 e. The highest BCUT2D eigenvalue weighted by Gasteiger charge is 2.38. The van der Waals surface area contributed by atoms with Gasteiger partial charge in [0.2, 0.25) is 0 Å². The van der Waals surface area contributed by atoms with Crippen LogP contribution in [0.3, 0.4) is 0 Å². The summed E-state index contributed by atoms with van der Waals surface area (Å²) in [6.45, 7) is 8.95. The van der Waals surface area contributed by atoms with Crippen molar-refractivity contribution in [3.8, 4) is 11.5 Å². The predicted molar refractivity (Wildman–Crippen MR) is 133 cm³/mol. The molecule has 0 aliphatic carbocycles. The first-order valence-corrected chi connectivity index (χ1v) is 12.2. The number of esters is 2. The van der Waals surface area contributed by atoms with Crippen LogP contribution in [0.2, 0.25) is 0 Å². The van der Waals surface area contributed by atoms with E-state index in [9.17, 15) is 14.4 Å². The van der Waals surface area contributed by atoms with Crippen LogP contribution in [0.1, 0.15) is 52.0 Å². The quantitative estimate of drug-likeness (QED) is 0.543. The van der Waals surface area contributed by atoms with Gasteiger partial charge < -0.3 is 29.2 Å². The summed E-state index contributed by atoms with van der Waals surface area (Å²) in [4.78, 5) is 40.2. The van der Waals surface area contributed by atoms with Gasteiger partial charge in [-0.3, -0.25) is 4.79 Å². The number of amides is 1. The second kappa shape index (κ2) is 12.0. The number of benzene rings is 1. The minimum atomic E-state index is -0.739. The van der Waals surface area contributed by atoms with Gasteiger partial charge in [-0.15, -0.1) is 0 Å². The third kappa shape index (κ3) is 5.83. The molecule has 2 atom stereocenters. The van der Waals surface area contributed by atoms with Crippen molar-refractivity contribution in [3.05, 3.63) is 46.3 Å². The summed E-state index contributed by atoms with van der Waals surface area (Å²) in [6.07, 6.45) is 2.12. The molecule has 2 aliphatic heterocycles. The topological polar surface area (TPSA) is 103 Å². The second-order valence-electron chi connectivity index (χ2n) is 9.13. The van der Waals surface area contributed by atoms with Crippen LogP contribution in [0.5, 0.6) is 11.5 Å².